The summed E-state index contributed by atoms with van der Waals surface area (Å²) in [6.07, 6.45) is 0. The van der Waals surface area contributed by atoms with E-state index in [1.807, 2.05) is 0 Å². The average Bonchev–Trinajstić information content (AvgIpc) is 3.93. The number of nitrogens with zero attached hydrogens (tertiary/aromatic N) is 7. The van der Waals surface area contributed by atoms with Gasteiger partial charge in [-0.15, -0.1) is 0 Å². The van der Waals surface area contributed by atoms with Crippen molar-refractivity contribution in [1.82, 2.24) is 13.7 Å². The molecule has 0 radical (unpaired) electrons. The minimum Gasteiger partial charge on any atom is -0.341 e. The van der Waals surface area contributed by atoms with E-state index in [9.17, 15) is 5.26 Å². The fourth-order valence-corrected chi connectivity index (χ4v) is 13.5. The molecule has 7 nitrogen and oxygen atoms in total. The van der Waals surface area contributed by atoms with E-state index in [1.165, 1.54) is 22.5 Å². The Kier molecular flexibility index (Phi) is 9.24. The highest BCUT2D eigenvalue weighted by atomic mass is 15.3. The highest BCUT2D eigenvalue weighted by Crippen LogP contribution is 2.54. The van der Waals surface area contributed by atoms with E-state index in [0.29, 0.717) is 5.56 Å². The number of benzene rings is 11. The van der Waals surface area contributed by atoms with Gasteiger partial charge in [0.05, 0.1) is 95.9 Å². The molecular weight excluding hydrogens is 951 g/mol. The van der Waals surface area contributed by atoms with Crippen LogP contribution in [0.2, 0.25) is 0 Å². The van der Waals surface area contributed by atoms with Gasteiger partial charge in [0, 0.05) is 56.2 Å². The second-order valence-corrected chi connectivity index (χ2v) is 21.3. The number of nitriles is 1. The van der Waals surface area contributed by atoms with Gasteiger partial charge in [-0.3, -0.25) is 0 Å². The van der Waals surface area contributed by atoms with Crippen molar-refractivity contribution in [2.24, 2.45) is 0 Å². The lowest BCUT2D eigenvalue weighted by atomic mass is 9.73. The molecule has 0 amide bonds. The fraction of sp³-hybridized carbons (Fsp3) is 0.0563. The van der Waals surface area contributed by atoms with Crippen molar-refractivity contribution in [3.63, 3.8) is 0 Å². The second-order valence-electron chi connectivity index (χ2n) is 21.3. The van der Waals surface area contributed by atoms with Gasteiger partial charge in [0.2, 0.25) is 0 Å². The van der Waals surface area contributed by atoms with Gasteiger partial charge >= 0.3 is 0 Å². The third-order valence-electron chi connectivity index (χ3n) is 16.9. The van der Waals surface area contributed by atoms with Gasteiger partial charge in [-0.05, 0) is 120 Å². The second kappa shape index (κ2) is 16.4. The van der Waals surface area contributed by atoms with Crippen molar-refractivity contribution in [2.45, 2.75) is 19.3 Å². The summed E-state index contributed by atoms with van der Waals surface area (Å²) >= 11 is 0. The molecule has 3 aromatic heterocycles. The first-order valence-corrected chi connectivity index (χ1v) is 26.7. The van der Waals surface area contributed by atoms with E-state index in [2.05, 4.69) is 298 Å². The third-order valence-corrected chi connectivity index (χ3v) is 16.9. The molecule has 11 aromatic carbocycles. The van der Waals surface area contributed by atoms with Crippen molar-refractivity contribution < 1.29 is 0 Å². The SMILES string of the molecule is CN1c2ccccc2N(c2ccc3c(c2)c2ccccc2n3-c2cc(C#N)cc(-n3c4ccccc4c4cc(N5c6ccccc6C(C)(C)c6ccccc65)ccc43)c2-n2c3ccccc3c3ccccc32)c2ccccc21. The maximum absolute atomic E-state index is 11.3. The van der Waals surface area contributed by atoms with Crippen molar-refractivity contribution >= 4 is 111 Å². The van der Waals surface area contributed by atoms with E-state index < -0.39 is 0 Å². The molecule has 0 bridgehead atoms. The molecule has 0 spiro atoms. The van der Waals surface area contributed by atoms with E-state index in [4.69, 9.17) is 0 Å². The van der Waals surface area contributed by atoms with E-state index in [1.54, 1.807) is 0 Å². The predicted molar refractivity (Wildman–Crippen MR) is 324 cm³/mol. The van der Waals surface area contributed by atoms with Crippen LogP contribution in [0.1, 0.15) is 30.5 Å². The Morgan fingerprint density at radius 1 is 0.321 bits per heavy atom. The summed E-state index contributed by atoms with van der Waals surface area (Å²) in [5, 5.41) is 18.1. The minimum atomic E-state index is -0.182. The highest BCUT2D eigenvalue weighted by Gasteiger charge is 2.37. The van der Waals surface area contributed by atoms with Crippen molar-refractivity contribution in [3.8, 4) is 23.1 Å². The lowest BCUT2D eigenvalue weighted by Crippen LogP contribution is -2.30. The number of aromatic nitrogens is 3. The lowest BCUT2D eigenvalue weighted by Gasteiger charge is -2.42. The Hall–Kier alpha value is -10.3. The number of fused-ring (bicyclic) bond motifs is 13. The Bertz CT molecular complexity index is 4750. The van der Waals surface area contributed by atoms with Crippen LogP contribution in [0.25, 0.3) is 82.5 Å². The molecule has 0 N–H and O–H groups in total. The van der Waals surface area contributed by atoms with Crippen molar-refractivity contribution in [1.29, 1.82) is 5.26 Å². The van der Waals surface area contributed by atoms with Crippen LogP contribution in [0.5, 0.6) is 0 Å². The third kappa shape index (κ3) is 6.02. The van der Waals surface area contributed by atoms with Gasteiger partial charge in [0.25, 0.3) is 0 Å². The molecule has 2 aliphatic heterocycles. The molecular formula is C71H49N7. The summed E-state index contributed by atoms with van der Waals surface area (Å²) in [5.74, 6) is 0. The summed E-state index contributed by atoms with van der Waals surface area (Å²) < 4.78 is 7.26. The monoisotopic (exact) mass is 999 g/mol. The normalized spacial score (nSPS) is 13.6. The standard InChI is InChI=1S/C71H49N7/c1-71(2)54-24-8-14-30-62(54)74(63-31-15-9-25-55(63)71)46-36-38-60-52(42-46)50-22-6-10-26-56(50)76(60)68-40-45(44-72)41-69(70(68)78-58-28-12-4-20-48(58)49-21-5-13-29-59(49)78)77-57-27-11-7-23-51(57)53-43-47(37-39-61(53)77)75-66-34-18-16-32-64(66)73(3)65-33-17-19-35-67(65)75/h4-43H,1-3H3. The van der Waals surface area contributed by atoms with Gasteiger partial charge in [0.15, 0.2) is 0 Å². The summed E-state index contributed by atoms with van der Waals surface area (Å²) in [5.41, 5.74) is 21.1. The topological polar surface area (TPSA) is 48.3 Å². The maximum atomic E-state index is 11.3. The molecule has 0 aliphatic carbocycles. The average molecular weight is 1000 g/mol. The summed E-state index contributed by atoms with van der Waals surface area (Å²) in [6, 6.07) is 90.6. The quantitative estimate of drug-likeness (QED) is 0.172. The molecule has 16 rings (SSSR count). The minimum absolute atomic E-state index is 0.182. The smallest absolute Gasteiger partial charge is 0.0993 e. The predicted octanol–water partition coefficient (Wildman–Crippen LogP) is 18.5. The fourth-order valence-electron chi connectivity index (χ4n) is 13.5. The van der Waals surface area contributed by atoms with Gasteiger partial charge in [-0.2, -0.15) is 5.26 Å². The summed E-state index contributed by atoms with van der Waals surface area (Å²) in [4.78, 5) is 7.12. The molecule has 0 saturated carbocycles. The molecule has 368 valence electrons. The molecule has 0 saturated heterocycles. The molecule has 0 unspecified atom stereocenters. The van der Waals surface area contributed by atoms with Gasteiger partial charge in [-0.25, -0.2) is 0 Å². The Morgan fingerprint density at radius 2 is 0.654 bits per heavy atom. The zero-order chi connectivity index (χ0) is 52.0. The first kappa shape index (κ1) is 44.0. The number of anilines is 8. The summed E-state index contributed by atoms with van der Waals surface area (Å²) in [7, 11) is 2.15. The zero-order valence-corrected chi connectivity index (χ0v) is 43.2. The molecule has 5 heterocycles. The number of hydrogen-bond donors (Lipinski definition) is 0. The molecule has 0 fully saturated rings. The van der Waals surface area contributed by atoms with Crippen LogP contribution < -0.4 is 14.7 Å². The van der Waals surface area contributed by atoms with Crippen molar-refractivity contribution in [3.05, 3.63) is 259 Å². The summed E-state index contributed by atoms with van der Waals surface area (Å²) in [6.45, 7) is 4.67. The van der Waals surface area contributed by atoms with Gasteiger partial charge in [0.1, 0.15) is 0 Å². The number of hydrogen-bond acceptors (Lipinski definition) is 4. The Balaban J connectivity index is 0.996. The molecule has 2 aliphatic rings. The number of para-hydroxylation sites is 10. The van der Waals surface area contributed by atoms with Crippen LogP contribution in [0.15, 0.2) is 243 Å². The molecule has 7 heteroatoms. The molecule has 0 atom stereocenters. The first-order valence-electron chi connectivity index (χ1n) is 26.7. The van der Waals surface area contributed by atoms with E-state index in [0.717, 1.165) is 117 Å². The van der Waals surface area contributed by atoms with Crippen LogP contribution in [-0.2, 0) is 5.41 Å². The van der Waals surface area contributed by atoms with E-state index >= 15 is 0 Å². The molecule has 78 heavy (non-hydrogen) atoms. The molecule has 14 aromatic rings. The van der Waals surface area contributed by atoms with Gasteiger partial charge < -0.3 is 28.4 Å². The largest absolute Gasteiger partial charge is 0.341 e. The van der Waals surface area contributed by atoms with Crippen molar-refractivity contribution in [2.75, 3.05) is 21.7 Å². The van der Waals surface area contributed by atoms with Crippen LogP contribution in [0.4, 0.5) is 45.5 Å². The van der Waals surface area contributed by atoms with Crippen LogP contribution in [0.3, 0.4) is 0 Å². The Labute approximate surface area is 451 Å². The number of rotatable bonds is 5. The van der Waals surface area contributed by atoms with Crippen LogP contribution >= 0.6 is 0 Å². The zero-order valence-electron chi connectivity index (χ0n) is 43.2. The first-order chi connectivity index (χ1) is 38.4. The Morgan fingerprint density at radius 3 is 1.09 bits per heavy atom. The lowest BCUT2D eigenvalue weighted by molar-refractivity contribution is 0.632. The highest BCUT2D eigenvalue weighted by molar-refractivity contribution is 6.15. The van der Waals surface area contributed by atoms with E-state index in [-0.39, 0.29) is 5.41 Å². The van der Waals surface area contributed by atoms with Gasteiger partial charge in [-0.1, -0.05) is 147 Å². The maximum Gasteiger partial charge on any atom is 0.0993 e. The van der Waals surface area contributed by atoms with Crippen LogP contribution in [0, 0.1) is 11.3 Å². The van der Waals surface area contributed by atoms with Crippen LogP contribution in [-0.4, -0.2) is 20.7 Å².